The molecule has 4 aliphatic carbocycles. The summed E-state index contributed by atoms with van der Waals surface area (Å²) >= 11 is 0. The summed E-state index contributed by atoms with van der Waals surface area (Å²) in [4.78, 5) is 0. The van der Waals surface area contributed by atoms with Crippen LogP contribution in [0.4, 0.5) is 0 Å². The molecule has 1 unspecified atom stereocenters. The van der Waals surface area contributed by atoms with Crippen molar-refractivity contribution in [2.24, 2.45) is 34.5 Å². The third-order valence-electron chi connectivity index (χ3n) is 10.1. The van der Waals surface area contributed by atoms with Crippen molar-refractivity contribution in [3.05, 3.63) is 11.6 Å². The van der Waals surface area contributed by atoms with Crippen molar-refractivity contribution in [1.82, 2.24) is 0 Å². The summed E-state index contributed by atoms with van der Waals surface area (Å²) < 4.78 is 12.2. The summed E-state index contributed by atoms with van der Waals surface area (Å²) in [6, 6.07) is 2.49. The molecular formula is C26H39NO2. The monoisotopic (exact) mass is 397 g/mol. The topological polar surface area (TPSA) is 42.2 Å². The average Bonchev–Trinajstić information content (AvgIpc) is 3.06. The first kappa shape index (κ1) is 20.1. The summed E-state index contributed by atoms with van der Waals surface area (Å²) in [6.07, 6.45) is 17.5. The lowest BCUT2D eigenvalue weighted by Gasteiger charge is -2.58. The van der Waals surface area contributed by atoms with Crippen LogP contribution in [0.3, 0.4) is 0 Å². The molecule has 1 saturated heterocycles. The van der Waals surface area contributed by atoms with E-state index in [9.17, 15) is 5.26 Å². The van der Waals surface area contributed by atoms with E-state index >= 15 is 0 Å². The molecule has 0 bridgehead atoms. The van der Waals surface area contributed by atoms with Gasteiger partial charge in [-0.25, -0.2) is 0 Å². The van der Waals surface area contributed by atoms with E-state index in [4.69, 9.17) is 9.47 Å². The first-order chi connectivity index (χ1) is 14.0. The molecule has 1 aliphatic heterocycles. The summed E-state index contributed by atoms with van der Waals surface area (Å²) in [5, 5.41) is 9.32. The van der Waals surface area contributed by atoms with Crippen molar-refractivity contribution in [3.63, 3.8) is 0 Å². The van der Waals surface area contributed by atoms with Crippen molar-refractivity contribution in [3.8, 4) is 6.07 Å². The second-order valence-electron chi connectivity index (χ2n) is 11.2. The molecule has 3 nitrogen and oxygen atoms in total. The first-order valence-corrected chi connectivity index (χ1v) is 12.4. The highest BCUT2D eigenvalue weighted by atomic mass is 16.7. The van der Waals surface area contributed by atoms with Gasteiger partial charge < -0.3 is 9.47 Å². The fraction of sp³-hybridized carbons (Fsp3) is 0.885. The molecule has 3 heteroatoms. The first-order valence-electron chi connectivity index (χ1n) is 12.4. The maximum atomic E-state index is 9.32. The second-order valence-corrected chi connectivity index (χ2v) is 11.2. The van der Waals surface area contributed by atoms with E-state index < -0.39 is 0 Å². The maximum absolute atomic E-state index is 9.32. The van der Waals surface area contributed by atoms with Crippen LogP contribution in [0.25, 0.3) is 0 Å². The van der Waals surface area contributed by atoms with E-state index in [0.717, 1.165) is 43.6 Å². The molecule has 0 amide bonds. The minimum Gasteiger partial charge on any atom is -0.353 e. The highest BCUT2D eigenvalue weighted by molar-refractivity contribution is 5.25. The molecule has 29 heavy (non-hydrogen) atoms. The van der Waals surface area contributed by atoms with E-state index in [1.54, 1.807) is 5.57 Å². The Morgan fingerprint density at radius 3 is 2.79 bits per heavy atom. The SMILES string of the molecule is C[C@]12CC[C@H]3[C@@H](CC=C4C[C@@H](OC5CCCCO5)CC[C@@]43C)[C@@H]1CC[C@@H]2CC#N. The molecule has 0 N–H and O–H groups in total. The van der Waals surface area contributed by atoms with Gasteiger partial charge in [-0.05, 0) is 105 Å². The number of rotatable bonds is 3. The van der Waals surface area contributed by atoms with E-state index in [0.29, 0.717) is 22.9 Å². The van der Waals surface area contributed by atoms with Gasteiger partial charge in [-0.1, -0.05) is 25.5 Å². The van der Waals surface area contributed by atoms with Crippen LogP contribution in [0, 0.1) is 45.8 Å². The number of nitrogens with zero attached hydrogens (tertiary/aromatic N) is 1. The minimum absolute atomic E-state index is 0.0426. The fourth-order valence-corrected chi connectivity index (χ4v) is 8.33. The predicted molar refractivity (Wildman–Crippen MR) is 114 cm³/mol. The van der Waals surface area contributed by atoms with Crippen molar-refractivity contribution in [1.29, 1.82) is 5.26 Å². The summed E-state index contributed by atoms with van der Waals surface area (Å²) in [5.74, 6) is 3.15. The quantitative estimate of drug-likeness (QED) is 0.518. The highest BCUT2D eigenvalue weighted by Gasteiger charge is 2.58. The smallest absolute Gasteiger partial charge is 0.157 e. The van der Waals surface area contributed by atoms with Crippen molar-refractivity contribution >= 4 is 0 Å². The van der Waals surface area contributed by atoms with Crippen LogP contribution in [-0.2, 0) is 9.47 Å². The standard InChI is InChI=1S/C26H39NO2/c1-25-14-11-23-21(22(25)9-7-18(25)12-15-27)8-6-19-17-20(10-13-26(19,23)2)29-24-5-3-4-16-28-24/h6,18,20-24H,3-5,7-14,16-17H2,1-2H3/t18-,20+,21+,22+,23+,24?,25-,26+/m1/s1. The molecule has 0 spiro atoms. The normalized spacial score (nSPS) is 49.3. The molecule has 5 rings (SSSR count). The molecule has 4 fully saturated rings. The van der Waals surface area contributed by atoms with Gasteiger partial charge in [0.05, 0.1) is 12.2 Å². The Labute approximate surface area is 177 Å². The molecule has 3 saturated carbocycles. The lowest BCUT2D eigenvalue weighted by Crippen LogP contribution is -2.50. The number of hydrogen-bond donors (Lipinski definition) is 0. The average molecular weight is 398 g/mol. The Morgan fingerprint density at radius 2 is 2.00 bits per heavy atom. The van der Waals surface area contributed by atoms with Crippen LogP contribution >= 0.6 is 0 Å². The second kappa shape index (κ2) is 7.69. The molecule has 8 atom stereocenters. The lowest BCUT2D eigenvalue weighted by molar-refractivity contribution is -0.195. The lowest BCUT2D eigenvalue weighted by atomic mass is 9.47. The van der Waals surface area contributed by atoms with Gasteiger partial charge in [0.15, 0.2) is 6.29 Å². The van der Waals surface area contributed by atoms with Crippen LogP contribution in [-0.4, -0.2) is 19.0 Å². The molecule has 0 aromatic rings. The maximum Gasteiger partial charge on any atom is 0.157 e. The molecule has 0 aromatic carbocycles. The Bertz CT molecular complexity index is 689. The number of allylic oxidation sites excluding steroid dienone is 1. The zero-order valence-electron chi connectivity index (χ0n) is 18.5. The molecule has 5 aliphatic rings. The van der Waals surface area contributed by atoms with E-state index in [1.807, 2.05) is 0 Å². The van der Waals surface area contributed by atoms with E-state index in [2.05, 4.69) is 26.0 Å². The van der Waals surface area contributed by atoms with Gasteiger partial charge >= 0.3 is 0 Å². The van der Waals surface area contributed by atoms with Crippen LogP contribution in [0.15, 0.2) is 11.6 Å². The molecule has 0 aromatic heterocycles. The van der Waals surface area contributed by atoms with Gasteiger partial charge in [0.2, 0.25) is 0 Å². The van der Waals surface area contributed by atoms with Crippen LogP contribution < -0.4 is 0 Å². The van der Waals surface area contributed by atoms with Crippen LogP contribution in [0.5, 0.6) is 0 Å². The number of nitriles is 1. The summed E-state index contributed by atoms with van der Waals surface area (Å²) in [5.41, 5.74) is 2.49. The van der Waals surface area contributed by atoms with Crippen molar-refractivity contribution in [2.45, 2.75) is 103 Å². The molecule has 160 valence electrons. The summed E-state index contributed by atoms with van der Waals surface area (Å²) in [6.45, 7) is 5.97. The number of ether oxygens (including phenoxy) is 2. The van der Waals surface area contributed by atoms with E-state index in [-0.39, 0.29) is 6.29 Å². The van der Waals surface area contributed by atoms with Gasteiger partial charge in [0.1, 0.15) is 0 Å². The predicted octanol–water partition coefficient (Wildman–Crippen LogP) is 6.39. The Hall–Kier alpha value is -0.850. The minimum atomic E-state index is 0.0426. The third kappa shape index (κ3) is 3.30. The Balaban J connectivity index is 1.31. The largest absolute Gasteiger partial charge is 0.353 e. The summed E-state index contributed by atoms with van der Waals surface area (Å²) in [7, 11) is 0. The zero-order valence-corrected chi connectivity index (χ0v) is 18.5. The molecule has 0 radical (unpaired) electrons. The Morgan fingerprint density at radius 1 is 1.10 bits per heavy atom. The number of fused-ring (bicyclic) bond motifs is 5. The number of hydrogen-bond acceptors (Lipinski definition) is 3. The van der Waals surface area contributed by atoms with Gasteiger partial charge in [-0.3, -0.25) is 0 Å². The van der Waals surface area contributed by atoms with Gasteiger partial charge in [0.25, 0.3) is 0 Å². The van der Waals surface area contributed by atoms with Gasteiger partial charge in [-0.2, -0.15) is 5.26 Å². The Kier molecular flexibility index (Phi) is 5.32. The van der Waals surface area contributed by atoms with Gasteiger partial charge in [0, 0.05) is 13.0 Å². The molecule has 1 heterocycles. The third-order valence-corrected chi connectivity index (χ3v) is 10.1. The van der Waals surface area contributed by atoms with Gasteiger partial charge in [-0.15, -0.1) is 0 Å². The van der Waals surface area contributed by atoms with Crippen LogP contribution in [0.2, 0.25) is 0 Å². The fourth-order valence-electron chi connectivity index (χ4n) is 8.33. The van der Waals surface area contributed by atoms with Crippen molar-refractivity contribution < 1.29 is 9.47 Å². The zero-order chi connectivity index (χ0) is 20.1. The van der Waals surface area contributed by atoms with E-state index in [1.165, 1.54) is 57.8 Å². The van der Waals surface area contributed by atoms with Crippen LogP contribution in [0.1, 0.15) is 90.9 Å². The molecular weight excluding hydrogens is 358 g/mol. The van der Waals surface area contributed by atoms with Crippen molar-refractivity contribution in [2.75, 3.05) is 6.61 Å². The highest BCUT2D eigenvalue weighted by Crippen LogP contribution is 2.66.